The van der Waals surface area contributed by atoms with Crippen molar-refractivity contribution in [3.63, 3.8) is 0 Å². The Morgan fingerprint density at radius 2 is 2.06 bits per heavy atom. The average molecular weight is 230 g/mol. The molecule has 0 aromatic heterocycles. The van der Waals surface area contributed by atoms with E-state index >= 15 is 0 Å². The smallest absolute Gasteiger partial charge is 0.143 e. The summed E-state index contributed by atoms with van der Waals surface area (Å²) in [5.74, 6) is 1.29. The van der Waals surface area contributed by atoms with Gasteiger partial charge in [-0.2, -0.15) is 5.26 Å². The number of rotatable bonds is 3. The minimum atomic E-state index is 0.464. The third kappa shape index (κ3) is 2.91. The number of hydrogen-bond donors (Lipinski definition) is 1. The Morgan fingerprint density at radius 3 is 2.76 bits per heavy atom. The molecule has 3 heteroatoms. The number of nitrogens with two attached hydrogens (primary N) is 1. The van der Waals surface area contributed by atoms with Crippen LogP contribution >= 0.6 is 0 Å². The van der Waals surface area contributed by atoms with E-state index in [2.05, 4.69) is 6.07 Å². The predicted octanol–water partition coefficient (Wildman–Crippen LogP) is 3.10. The van der Waals surface area contributed by atoms with Crippen LogP contribution in [0.1, 0.15) is 37.7 Å². The van der Waals surface area contributed by atoms with Gasteiger partial charge in [0, 0.05) is 0 Å². The highest BCUT2D eigenvalue weighted by Crippen LogP contribution is 2.28. The summed E-state index contributed by atoms with van der Waals surface area (Å²) in [6.07, 6.45) is 6.46. The first-order valence-electron chi connectivity index (χ1n) is 6.22. The van der Waals surface area contributed by atoms with E-state index < -0.39 is 0 Å². The highest BCUT2D eigenvalue weighted by molar-refractivity contribution is 5.62. The summed E-state index contributed by atoms with van der Waals surface area (Å²) in [5.41, 5.74) is 6.82. The van der Waals surface area contributed by atoms with E-state index in [1.54, 1.807) is 6.07 Å². The van der Waals surface area contributed by atoms with Crippen LogP contribution in [0, 0.1) is 17.2 Å². The summed E-state index contributed by atoms with van der Waals surface area (Å²) in [5, 5.41) is 8.87. The Hall–Kier alpha value is -1.69. The van der Waals surface area contributed by atoms with Crippen molar-refractivity contribution in [2.24, 2.45) is 5.92 Å². The molecule has 2 rings (SSSR count). The summed E-state index contributed by atoms with van der Waals surface area (Å²) in [6.45, 7) is 0.721. The summed E-state index contributed by atoms with van der Waals surface area (Å²) >= 11 is 0. The molecule has 17 heavy (non-hydrogen) atoms. The molecule has 0 spiro atoms. The van der Waals surface area contributed by atoms with Crippen LogP contribution < -0.4 is 10.5 Å². The number of ether oxygens (including phenoxy) is 1. The second-order valence-electron chi connectivity index (χ2n) is 4.64. The Kier molecular flexibility index (Phi) is 3.87. The number of anilines is 1. The lowest BCUT2D eigenvalue weighted by Crippen LogP contribution is -2.15. The van der Waals surface area contributed by atoms with Crippen molar-refractivity contribution in [1.82, 2.24) is 0 Å². The van der Waals surface area contributed by atoms with Crippen molar-refractivity contribution >= 4 is 5.69 Å². The SMILES string of the molecule is N#Cc1cccc(OCC2CCCCC2)c1N. The van der Waals surface area contributed by atoms with Crippen LogP contribution in [0.3, 0.4) is 0 Å². The predicted molar refractivity (Wildman–Crippen MR) is 67.6 cm³/mol. The van der Waals surface area contributed by atoms with Gasteiger partial charge in [-0.3, -0.25) is 0 Å². The van der Waals surface area contributed by atoms with Crippen molar-refractivity contribution in [2.75, 3.05) is 12.3 Å². The molecule has 0 radical (unpaired) electrons. The Labute approximate surface area is 102 Å². The molecule has 0 saturated heterocycles. The van der Waals surface area contributed by atoms with E-state index in [1.165, 1.54) is 32.1 Å². The molecule has 0 atom stereocenters. The Balaban J connectivity index is 1.96. The number of hydrogen-bond acceptors (Lipinski definition) is 3. The van der Waals surface area contributed by atoms with Crippen LogP contribution in [-0.2, 0) is 0 Å². The van der Waals surface area contributed by atoms with Crippen LogP contribution in [0.15, 0.2) is 18.2 Å². The van der Waals surface area contributed by atoms with E-state index in [4.69, 9.17) is 15.7 Å². The molecule has 3 nitrogen and oxygen atoms in total. The molecule has 0 aliphatic heterocycles. The zero-order valence-electron chi connectivity index (χ0n) is 9.98. The lowest BCUT2D eigenvalue weighted by Gasteiger charge is -2.22. The van der Waals surface area contributed by atoms with Gasteiger partial charge in [0.1, 0.15) is 11.8 Å². The number of nitrogen functional groups attached to an aromatic ring is 1. The van der Waals surface area contributed by atoms with Gasteiger partial charge in [0.05, 0.1) is 17.9 Å². The minimum absolute atomic E-state index is 0.464. The molecular formula is C14H18N2O. The fourth-order valence-electron chi connectivity index (χ4n) is 2.33. The average Bonchev–Trinajstić information content (AvgIpc) is 2.39. The van der Waals surface area contributed by atoms with Gasteiger partial charge in [-0.05, 0) is 30.9 Å². The fraction of sp³-hybridized carbons (Fsp3) is 0.500. The molecular weight excluding hydrogens is 212 g/mol. The Morgan fingerprint density at radius 1 is 1.29 bits per heavy atom. The zero-order chi connectivity index (χ0) is 12.1. The van der Waals surface area contributed by atoms with Crippen molar-refractivity contribution < 1.29 is 4.74 Å². The van der Waals surface area contributed by atoms with Gasteiger partial charge in [-0.25, -0.2) is 0 Å². The van der Waals surface area contributed by atoms with Gasteiger partial charge in [-0.15, -0.1) is 0 Å². The maximum atomic E-state index is 8.87. The second-order valence-corrected chi connectivity index (χ2v) is 4.64. The number of nitriles is 1. The van der Waals surface area contributed by atoms with Gasteiger partial charge in [0.2, 0.25) is 0 Å². The first-order valence-corrected chi connectivity index (χ1v) is 6.22. The molecule has 0 bridgehead atoms. The first-order chi connectivity index (χ1) is 8.31. The lowest BCUT2D eigenvalue weighted by molar-refractivity contribution is 0.209. The monoisotopic (exact) mass is 230 g/mol. The molecule has 1 aromatic rings. The van der Waals surface area contributed by atoms with E-state index in [0.717, 1.165) is 6.61 Å². The van der Waals surface area contributed by atoms with Crippen LogP contribution in [0.5, 0.6) is 5.75 Å². The van der Waals surface area contributed by atoms with E-state index in [1.807, 2.05) is 12.1 Å². The van der Waals surface area contributed by atoms with Crippen LogP contribution in [0.25, 0.3) is 0 Å². The summed E-state index contributed by atoms with van der Waals surface area (Å²) in [6, 6.07) is 7.42. The molecule has 1 saturated carbocycles. The largest absolute Gasteiger partial charge is 0.491 e. The summed E-state index contributed by atoms with van der Waals surface area (Å²) in [7, 11) is 0. The molecule has 0 heterocycles. The minimum Gasteiger partial charge on any atom is -0.491 e. The maximum absolute atomic E-state index is 8.87. The second kappa shape index (κ2) is 5.58. The highest BCUT2D eigenvalue weighted by Gasteiger charge is 2.15. The van der Waals surface area contributed by atoms with Crippen molar-refractivity contribution in [3.05, 3.63) is 23.8 Å². The fourth-order valence-corrected chi connectivity index (χ4v) is 2.33. The van der Waals surface area contributed by atoms with Crippen molar-refractivity contribution in [1.29, 1.82) is 5.26 Å². The van der Waals surface area contributed by atoms with E-state index in [0.29, 0.717) is 22.9 Å². The molecule has 1 fully saturated rings. The van der Waals surface area contributed by atoms with Gasteiger partial charge >= 0.3 is 0 Å². The van der Waals surface area contributed by atoms with Gasteiger partial charge in [0.15, 0.2) is 0 Å². The van der Waals surface area contributed by atoms with Crippen molar-refractivity contribution in [2.45, 2.75) is 32.1 Å². The third-order valence-corrected chi connectivity index (χ3v) is 3.39. The van der Waals surface area contributed by atoms with Crippen LogP contribution in [-0.4, -0.2) is 6.61 Å². The molecule has 0 amide bonds. The van der Waals surface area contributed by atoms with E-state index in [9.17, 15) is 0 Å². The maximum Gasteiger partial charge on any atom is 0.143 e. The zero-order valence-corrected chi connectivity index (χ0v) is 9.98. The van der Waals surface area contributed by atoms with Crippen LogP contribution in [0.4, 0.5) is 5.69 Å². The quantitative estimate of drug-likeness (QED) is 0.812. The molecule has 1 aliphatic rings. The number of benzene rings is 1. The summed E-state index contributed by atoms with van der Waals surface area (Å²) in [4.78, 5) is 0. The normalized spacial score (nSPS) is 16.4. The molecule has 1 aromatic carbocycles. The molecule has 1 aliphatic carbocycles. The van der Waals surface area contributed by atoms with Gasteiger partial charge < -0.3 is 10.5 Å². The number of nitrogens with zero attached hydrogens (tertiary/aromatic N) is 1. The molecule has 90 valence electrons. The van der Waals surface area contributed by atoms with Crippen LogP contribution in [0.2, 0.25) is 0 Å². The summed E-state index contributed by atoms with van der Waals surface area (Å²) < 4.78 is 5.74. The molecule has 2 N–H and O–H groups in total. The third-order valence-electron chi connectivity index (χ3n) is 3.39. The Bertz CT molecular complexity index is 417. The molecule has 0 unspecified atom stereocenters. The topological polar surface area (TPSA) is 59.0 Å². The van der Waals surface area contributed by atoms with Crippen molar-refractivity contribution in [3.8, 4) is 11.8 Å². The lowest BCUT2D eigenvalue weighted by atomic mass is 9.90. The standard InChI is InChI=1S/C14H18N2O/c15-9-12-7-4-8-13(14(12)16)17-10-11-5-2-1-3-6-11/h4,7-8,11H,1-3,5-6,10,16H2. The highest BCUT2D eigenvalue weighted by atomic mass is 16.5. The van der Waals surface area contributed by atoms with E-state index in [-0.39, 0.29) is 0 Å². The van der Waals surface area contributed by atoms with Gasteiger partial charge in [0.25, 0.3) is 0 Å². The number of para-hydroxylation sites is 1. The first kappa shape index (κ1) is 11.8. The van der Waals surface area contributed by atoms with Gasteiger partial charge in [-0.1, -0.05) is 25.3 Å².